The number of para-hydroxylation sites is 1. The highest BCUT2D eigenvalue weighted by atomic mass is 16.5. The van der Waals surface area contributed by atoms with Crippen molar-refractivity contribution in [1.82, 2.24) is 0 Å². The third-order valence-electron chi connectivity index (χ3n) is 4.37. The van der Waals surface area contributed by atoms with Crippen LogP contribution in [0.2, 0.25) is 0 Å². The molecule has 1 aliphatic carbocycles. The molecule has 1 N–H and O–H groups in total. The molecule has 3 nitrogen and oxygen atoms in total. The lowest BCUT2D eigenvalue weighted by Gasteiger charge is -2.33. The summed E-state index contributed by atoms with van der Waals surface area (Å²) >= 11 is 0. The molecule has 1 aliphatic rings. The van der Waals surface area contributed by atoms with E-state index in [0.717, 1.165) is 23.3 Å². The fraction of sp³-hybridized carbons (Fsp3) is 0.588. The lowest BCUT2D eigenvalue weighted by molar-refractivity contribution is 0.264. The first-order valence-corrected chi connectivity index (χ1v) is 7.49. The molecule has 0 spiro atoms. The number of ether oxygens (including phenoxy) is 1. The maximum absolute atomic E-state index is 9.26. The van der Waals surface area contributed by atoms with Crippen LogP contribution in [0.5, 0.6) is 5.75 Å². The van der Waals surface area contributed by atoms with Gasteiger partial charge in [0.05, 0.1) is 18.4 Å². The molecule has 20 heavy (non-hydrogen) atoms. The van der Waals surface area contributed by atoms with Crippen LogP contribution in [0.4, 0.5) is 5.69 Å². The molecule has 2 unspecified atom stereocenters. The first kappa shape index (κ1) is 14.7. The van der Waals surface area contributed by atoms with Gasteiger partial charge in [-0.15, -0.1) is 0 Å². The van der Waals surface area contributed by atoms with Crippen LogP contribution in [0.1, 0.15) is 45.1 Å². The number of anilines is 1. The molecular weight excluding hydrogens is 248 g/mol. The van der Waals surface area contributed by atoms with Gasteiger partial charge < -0.3 is 10.1 Å². The molecule has 2 rings (SSSR count). The summed E-state index contributed by atoms with van der Waals surface area (Å²) in [6, 6.07) is 8.31. The normalized spacial score (nSPS) is 22.4. The third-order valence-corrected chi connectivity index (χ3v) is 4.37. The van der Waals surface area contributed by atoms with Crippen LogP contribution in [0, 0.1) is 23.2 Å². The summed E-state index contributed by atoms with van der Waals surface area (Å²) in [5.41, 5.74) is 1.52. The van der Waals surface area contributed by atoms with Gasteiger partial charge in [-0.05, 0) is 36.8 Å². The highest BCUT2D eigenvalue weighted by molar-refractivity contribution is 5.66. The molecular formula is C17H24N2O. The van der Waals surface area contributed by atoms with Gasteiger partial charge in [-0.3, -0.25) is 0 Å². The van der Waals surface area contributed by atoms with Crippen molar-refractivity contribution in [3.05, 3.63) is 23.8 Å². The lowest BCUT2D eigenvalue weighted by Crippen LogP contribution is -2.29. The van der Waals surface area contributed by atoms with Gasteiger partial charge in [0.15, 0.2) is 0 Å². The van der Waals surface area contributed by atoms with E-state index in [-0.39, 0.29) is 0 Å². The van der Waals surface area contributed by atoms with Crippen molar-refractivity contribution >= 4 is 5.69 Å². The predicted octanol–water partition coefficient (Wildman–Crippen LogP) is 4.19. The number of nitriles is 1. The Labute approximate surface area is 121 Å². The number of methoxy groups -OCH3 is 1. The first-order valence-electron chi connectivity index (χ1n) is 7.49. The van der Waals surface area contributed by atoms with E-state index < -0.39 is 0 Å². The van der Waals surface area contributed by atoms with Crippen molar-refractivity contribution in [2.24, 2.45) is 11.8 Å². The summed E-state index contributed by atoms with van der Waals surface area (Å²) < 4.78 is 5.39. The fourth-order valence-corrected chi connectivity index (χ4v) is 3.11. The van der Waals surface area contributed by atoms with Gasteiger partial charge in [-0.25, -0.2) is 0 Å². The second-order valence-electron chi connectivity index (χ2n) is 6.01. The fourth-order valence-electron chi connectivity index (χ4n) is 3.11. The van der Waals surface area contributed by atoms with Crippen molar-refractivity contribution in [2.45, 2.75) is 45.6 Å². The van der Waals surface area contributed by atoms with Gasteiger partial charge in [0.1, 0.15) is 11.8 Å². The van der Waals surface area contributed by atoms with E-state index in [0.29, 0.717) is 11.6 Å². The van der Waals surface area contributed by atoms with E-state index >= 15 is 0 Å². The molecule has 0 saturated heterocycles. The van der Waals surface area contributed by atoms with Crippen LogP contribution >= 0.6 is 0 Å². The van der Waals surface area contributed by atoms with Gasteiger partial charge in [0, 0.05) is 6.04 Å². The zero-order valence-corrected chi connectivity index (χ0v) is 12.6. The molecule has 0 radical (unpaired) electrons. The molecule has 108 valence electrons. The number of rotatable bonds is 4. The minimum atomic E-state index is 0.444. The Morgan fingerprint density at radius 2 is 2.15 bits per heavy atom. The van der Waals surface area contributed by atoms with Crippen LogP contribution < -0.4 is 10.1 Å². The number of hydrogen-bond donors (Lipinski definition) is 1. The molecule has 0 aromatic heterocycles. The Hall–Kier alpha value is -1.69. The predicted molar refractivity (Wildman–Crippen MR) is 81.9 cm³/mol. The first-order chi connectivity index (χ1) is 9.65. The van der Waals surface area contributed by atoms with Crippen molar-refractivity contribution in [3.8, 4) is 11.8 Å². The minimum absolute atomic E-state index is 0.444. The smallest absolute Gasteiger partial charge is 0.143 e. The number of benzene rings is 1. The second kappa shape index (κ2) is 6.65. The van der Waals surface area contributed by atoms with E-state index in [2.05, 4.69) is 25.2 Å². The number of nitrogens with zero attached hydrogens (tertiary/aromatic N) is 1. The summed E-state index contributed by atoms with van der Waals surface area (Å²) in [4.78, 5) is 0. The zero-order valence-electron chi connectivity index (χ0n) is 12.6. The average Bonchev–Trinajstić information content (AvgIpc) is 2.47. The van der Waals surface area contributed by atoms with Crippen LogP contribution in [-0.2, 0) is 0 Å². The van der Waals surface area contributed by atoms with Gasteiger partial charge in [-0.2, -0.15) is 5.26 Å². The standard InChI is InChI=1S/C17H24N2O/c1-12(2)13-6-4-8-15(10-13)19-17-14(11-18)7-5-9-16(17)20-3/h5,7,9,12-13,15,19H,4,6,8,10H2,1-3H3. The summed E-state index contributed by atoms with van der Waals surface area (Å²) in [5.74, 6) is 2.27. The van der Waals surface area contributed by atoms with Crippen LogP contribution in [0.25, 0.3) is 0 Å². The molecule has 1 aromatic rings. The maximum Gasteiger partial charge on any atom is 0.143 e. The highest BCUT2D eigenvalue weighted by Gasteiger charge is 2.25. The molecule has 1 saturated carbocycles. The van der Waals surface area contributed by atoms with Gasteiger partial charge in [-0.1, -0.05) is 32.8 Å². The number of nitrogens with one attached hydrogen (secondary N) is 1. The third kappa shape index (κ3) is 3.25. The molecule has 0 aliphatic heterocycles. The van der Waals surface area contributed by atoms with Crippen LogP contribution in [0.3, 0.4) is 0 Å². The molecule has 1 fully saturated rings. The van der Waals surface area contributed by atoms with Crippen molar-refractivity contribution in [1.29, 1.82) is 5.26 Å². The van der Waals surface area contributed by atoms with E-state index in [1.807, 2.05) is 18.2 Å². The Morgan fingerprint density at radius 1 is 1.35 bits per heavy atom. The molecule has 0 bridgehead atoms. The molecule has 2 atom stereocenters. The number of hydrogen-bond acceptors (Lipinski definition) is 3. The Morgan fingerprint density at radius 3 is 2.80 bits per heavy atom. The largest absolute Gasteiger partial charge is 0.495 e. The Kier molecular flexibility index (Phi) is 4.89. The van der Waals surface area contributed by atoms with E-state index in [1.165, 1.54) is 25.7 Å². The van der Waals surface area contributed by atoms with Gasteiger partial charge in [0.25, 0.3) is 0 Å². The molecule has 3 heteroatoms. The average molecular weight is 272 g/mol. The van der Waals surface area contributed by atoms with E-state index in [9.17, 15) is 5.26 Å². The maximum atomic E-state index is 9.26. The summed E-state index contributed by atoms with van der Waals surface area (Å²) in [7, 11) is 1.65. The van der Waals surface area contributed by atoms with Gasteiger partial charge >= 0.3 is 0 Å². The molecule has 0 heterocycles. The molecule has 0 amide bonds. The van der Waals surface area contributed by atoms with Gasteiger partial charge in [0.2, 0.25) is 0 Å². The Bertz CT molecular complexity index is 490. The summed E-state index contributed by atoms with van der Waals surface area (Å²) in [6.45, 7) is 4.60. The Balaban J connectivity index is 2.15. The topological polar surface area (TPSA) is 45.0 Å². The second-order valence-corrected chi connectivity index (χ2v) is 6.01. The SMILES string of the molecule is COc1cccc(C#N)c1NC1CCCC(C(C)C)C1. The summed E-state index contributed by atoms with van der Waals surface area (Å²) in [6.07, 6.45) is 4.94. The quantitative estimate of drug-likeness (QED) is 0.893. The highest BCUT2D eigenvalue weighted by Crippen LogP contribution is 2.34. The van der Waals surface area contributed by atoms with Crippen molar-refractivity contribution in [3.63, 3.8) is 0 Å². The minimum Gasteiger partial charge on any atom is -0.495 e. The molecule has 1 aromatic carbocycles. The summed E-state index contributed by atoms with van der Waals surface area (Å²) in [5, 5.41) is 12.8. The van der Waals surface area contributed by atoms with E-state index in [4.69, 9.17) is 4.74 Å². The van der Waals surface area contributed by atoms with Crippen LogP contribution in [-0.4, -0.2) is 13.2 Å². The van der Waals surface area contributed by atoms with E-state index in [1.54, 1.807) is 7.11 Å². The lowest BCUT2D eigenvalue weighted by atomic mass is 9.79. The van der Waals surface area contributed by atoms with Crippen LogP contribution in [0.15, 0.2) is 18.2 Å². The monoisotopic (exact) mass is 272 g/mol. The van der Waals surface area contributed by atoms with Crippen molar-refractivity contribution < 1.29 is 4.74 Å². The zero-order chi connectivity index (χ0) is 14.5. The van der Waals surface area contributed by atoms with Crippen molar-refractivity contribution in [2.75, 3.05) is 12.4 Å².